The number of hydrogen-bond donors (Lipinski definition) is 2. The molecule has 0 bridgehead atoms. The van der Waals surface area contributed by atoms with Gasteiger partial charge in [0.25, 0.3) is 0 Å². The number of amides is 1. The maximum Gasteiger partial charge on any atom is 0.250 e. The molecule has 0 radical (unpaired) electrons. The summed E-state index contributed by atoms with van der Waals surface area (Å²) in [6, 6.07) is 14.3. The number of hydrogen-bond acceptors (Lipinski definition) is 4. The first-order chi connectivity index (χ1) is 15.8. The van der Waals surface area contributed by atoms with Gasteiger partial charge in [-0.15, -0.1) is 0 Å². The molecule has 33 heavy (non-hydrogen) atoms. The summed E-state index contributed by atoms with van der Waals surface area (Å²) >= 11 is 12.6. The van der Waals surface area contributed by atoms with Gasteiger partial charge in [0.15, 0.2) is 0 Å². The largest absolute Gasteiger partial charge is 0.324 e. The zero-order chi connectivity index (χ0) is 24.2. The van der Waals surface area contributed by atoms with Crippen LogP contribution in [0.25, 0.3) is 0 Å². The Hall–Kier alpha value is -1.92. The third kappa shape index (κ3) is 5.27. The van der Waals surface area contributed by atoms with Gasteiger partial charge >= 0.3 is 0 Å². The summed E-state index contributed by atoms with van der Waals surface area (Å²) in [7, 11) is 0. The summed E-state index contributed by atoms with van der Waals surface area (Å²) in [6.45, 7) is 9.29. The lowest BCUT2D eigenvalue weighted by molar-refractivity contribution is -0.131. The van der Waals surface area contributed by atoms with Gasteiger partial charge in [-0.1, -0.05) is 61.7 Å². The van der Waals surface area contributed by atoms with Crippen LogP contribution in [0.1, 0.15) is 51.2 Å². The monoisotopic (exact) mass is 489 g/mol. The lowest BCUT2D eigenvalue weighted by Gasteiger charge is -2.46. The van der Waals surface area contributed by atoms with E-state index in [1.807, 2.05) is 49.3 Å². The topological polar surface area (TPSA) is 61.4 Å². The average Bonchev–Trinajstić information content (AvgIpc) is 3.01. The fourth-order valence-corrected chi connectivity index (χ4v) is 5.04. The molecular weight excluding hydrogens is 457 g/mol. The van der Waals surface area contributed by atoms with Crippen LogP contribution in [0.4, 0.5) is 5.69 Å². The Morgan fingerprint density at radius 3 is 2.42 bits per heavy atom. The molecule has 2 aromatic carbocycles. The van der Waals surface area contributed by atoms with Gasteiger partial charge in [0.05, 0.1) is 0 Å². The quantitative estimate of drug-likeness (QED) is 0.470. The van der Waals surface area contributed by atoms with Crippen LogP contribution < -0.4 is 10.6 Å². The molecule has 4 rings (SSSR count). The number of rotatable bonds is 8. The van der Waals surface area contributed by atoms with Crippen molar-refractivity contribution >= 4 is 41.6 Å². The molecule has 0 saturated heterocycles. The molecule has 0 aromatic heterocycles. The van der Waals surface area contributed by atoms with Crippen molar-refractivity contribution in [3.8, 4) is 0 Å². The predicted octanol–water partition coefficient (Wildman–Crippen LogP) is 5.64. The van der Waals surface area contributed by atoms with Crippen molar-refractivity contribution in [1.82, 2.24) is 10.2 Å². The average molecular weight is 490 g/mol. The van der Waals surface area contributed by atoms with Crippen LogP contribution in [-0.2, 0) is 21.5 Å². The summed E-state index contributed by atoms with van der Waals surface area (Å²) in [5.74, 6) is 0.372. The minimum atomic E-state index is -0.842. The number of carbonyl (C=O) groups excluding carboxylic acids is 2. The SMILES string of the molecule is C=O.CC(C)C(C)N(CNC1CCC1)C1(Cc2cccc(Cl)c2)C(=O)Nc2cc(Cl)ccc21. The smallest absolute Gasteiger partial charge is 0.250 e. The van der Waals surface area contributed by atoms with Gasteiger partial charge in [-0.3, -0.25) is 9.69 Å². The van der Waals surface area contributed by atoms with Crippen LogP contribution in [-0.4, -0.2) is 36.3 Å². The Labute approximate surface area is 206 Å². The first-order valence-corrected chi connectivity index (χ1v) is 12.2. The van der Waals surface area contributed by atoms with E-state index in [0.29, 0.717) is 35.1 Å². The van der Waals surface area contributed by atoms with E-state index < -0.39 is 5.54 Å². The summed E-state index contributed by atoms with van der Waals surface area (Å²) in [6.07, 6.45) is 4.21. The summed E-state index contributed by atoms with van der Waals surface area (Å²) < 4.78 is 0. The highest BCUT2D eigenvalue weighted by molar-refractivity contribution is 6.31. The van der Waals surface area contributed by atoms with Crippen LogP contribution in [0, 0.1) is 5.92 Å². The zero-order valence-corrected chi connectivity index (χ0v) is 21.0. The fraction of sp³-hybridized carbons (Fsp3) is 0.462. The van der Waals surface area contributed by atoms with Crippen molar-refractivity contribution < 1.29 is 9.59 Å². The van der Waals surface area contributed by atoms with Crippen LogP contribution in [0.15, 0.2) is 42.5 Å². The van der Waals surface area contributed by atoms with Crippen molar-refractivity contribution in [2.24, 2.45) is 5.92 Å². The molecule has 178 valence electrons. The Bertz CT molecular complexity index is 980. The van der Waals surface area contributed by atoms with Crippen LogP contribution in [0.5, 0.6) is 0 Å². The van der Waals surface area contributed by atoms with Crippen LogP contribution in [0.2, 0.25) is 10.0 Å². The molecular formula is C26H33Cl2N3O2. The summed E-state index contributed by atoms with van der Waals surface area (Å²) in [5.41, 5.74) is 1.97. The third-order valence-corrected chi connectivity index (χ3v) is 7.47. The van der Waals surface area contributed by atoms with Gasteiger partial charge in [-0.05, 0) is 55.5 Å². The Kier molecular flexibility index (Phi) is 8.57. The Morgan fingerprint density at radius 2 is 1.82 bits per heavy atom. The molecule has 5 nitrogen and oxygen atoms in total. The number of nitrogens with one attached hydrogen (secondary N) is 2. The van der Waals surface area contributed by atoms with Gasteiger partial charge in [-0.2, -0.15) is 0 Å². The highest BCUT2D eigenvalue weighted by Crippen LogP contribution is 2.45. The highest BCUT2D eigenvalue weighted by atomic mass is 35.5. The molecule has 2 unspecified atom stereocenters. The minimum absolute atomic E-state index is 0.00680. The van der Waals surface area contributed by atoms with Crippen LogP contribution in [0.3, 0.4) is 0 Å². The molecule has 1 aliphatic carbocycles. The maximum atomic E-state index is 13.8. The van der Waals surface area contributed by atoms with E-state index in [-0.39, 0.29) is 11.9 Å². The maximum absolute atomic E-state index is 13.8. The first-order valence-electron chi connectivity index (χ1n) is 11.5. The number of anilines is 1. The molecule has 2 aromatic rings. The van der Waals surface area contributed by atoms with Crippen molar-refractivity contribution in [2.75, 3.05) is 12.0 Å². The summed E-state index contributed by atoms with van der Waals surface area (Å²) in [4.78, 5) is 24.1. The molecule has 0 spiro atoms. The van der Waals surface area contributed by atoms with Crippen molar-refractivity contribution in [1.29, 1.82) is 0 Å². The molecule has 7 heteroatoms. The van der Waals surface area contributed by atoms with E-state index in [4.69, 9.17) is 28.0 Å². The number of halogens is 2. The van der Waals surface area contributed by atoms with E-state index in [9.17, 15) is 4.79 Å². The van der Waals surface area contributed by atoms with Gasteiger partial charge < -0.3 is 15.4 Å². The van der Waals surface area contributed by atoms with Gasteiger partial charge in [-0.25, -0.2) is 0 Å². The molecule has 1 aliphatic heterocycles. The standard InChI is InChI=1S/C25H31Cl2N3O.CH2O/c1-16(2)17(3)30(15-28-21-8-5-9-21)25(14-18-6-4-7-19(26)12-18)22-11-10-20(27)13-23(22)29-24(25)31;1-2/h4,6-7,10-13,16-17,21,28H,5,8-9,14-15H2,1-3H3,(H,29,31);1H2. The molecule has 1 saturated carbocycles. The van der Waals surface area contributed by atoms with E-state index in [2.05, 4.69) is 36.3 Å². The molecule has 2 N–H and O–H groups in total. The molecule has 2 atom stereocenters. The predicted molar refractivity (Wildman–Crippen MR) is 136 cm³/mol. The number of carbonyl (C=O) groups is 2. The third-order valence-electron chi connectivity index (χ3n) is 7.00. The Morgan fingerprint density at radius 1 is 1.12 bits per heavy atom. The number of benzene rings is 2. The fourth-order valence-electron chi connectivity index (χ4n) is 4.66. The van der Waals surface area contributed by atoms with E-state index in [1.54, 1.807) is 0 Å². The lowest BCUT2D eigenvalue weighted by atomic mass is 9.81. The van der Waals surface area contributed by atoms with Gasteiger partial charge in [0.2, 0.25) is 5.91 Å². The zero-order valence-electron chi connectivity index (χ0n) is 19.5. The van der Waals surface area contributed by atoms with Crippen molar-refractivity contribution in [3.05, 3.63) is 63.6 Å². The second kappa shape index (κ2) is 11.0. The van der Waals surface area contributed by atoms with E-state index >= 15 is 0 Å². The highest BCUT2D eigenvalue weighted by Gasteiger charge is 2.53. The van der Waals surface area contributed by atoms with Crippen LogP contribution >= 0.6 is 23.2 Å². The van der Waals surface area contributed by atoms with Crippen molar-refractivity contribution in [3.63, 3.8) is 0 Å². The summed E-state index contributed by atoms with van der Waals surface area (Å²) in [5, 5.41) is 8.14. The minimum Gasteiger partial charge on any atom is -0.324 e. The first kappa shape index (κ1) is 25.7. The lowest BCUT2D eigenvalue weighted by Crippen LogP contribution is -2.60. The molecule has 1 heterocycles. The van der Waals surface area contributed by atoms with E-state index in [0.717, 1.165) is 16.8 Å². The molecule has 1 amide bonds. The number of fused-ring (bicyclic) bond motifs is 1. The van der Waals surface area contributed by atoms with E-state index in [1.165, 1.54) is 19.3 Å². The van der Waals surface area contributed by atoms with Gasteiger partial charge in [0.1, 0.15) is 12.3 Å². The number of nitrogens with zero attached hydrogens (tertiary/aromatic N) is 1. The second-order valence-electron chi connectivity index (χ2n) is 9.26. The molecule has 2 aliphatic rings. The second-order valence-corrected chi connectivity index (χ2v) is 10.1. The van der Waals surface area contributed by atoms with Gasteiger partial charge in [0, 0.05) is 46.5 Å². The normalized spacial score (nSPS) is 20.6. The van der Waals surface area contributed by atoms with Crippen molar-refractivity contribution in [2.45, 2.75) is 64.1 Å². The molecule has 1 fully saturated rings. The Balaban J connectivity index is 0.00000149.